The lowest BCUT2D eigenvalue weighted by atomic mass is 9.72. The summed E-state index contributed by atoms with van der Waals surface area (Å²) in [5.74, 6) is 0.398. The number of hydrogen-bond donors (Lipinski definition) is 1. The summed E-state index contributed by atoms with van der Waals surface area (Å²) in [7, 11) is 1.41. The third-order valence-electron chi connectivity index (χ3n) is 5.29. The first-order valence-corrected chi connectivity index (χ1v) is 11.2. The summed E-state index contributed by atoms with van der Waals surface area (Å²) in [6.07, 6.45) is 2.76. The van der Waals surface area contributed by atoms with E-state index in [-0.39, 0.29) is 18.1 Å². The highest BCUT2D eigenvalue weighted by atomic mass is 32.1. The Morgan fingerprint density at radius 3 is 2.74 bits per heavy atom. The van der Waals surface area contributed by atoms with E-state index < -0.39 is 11.0 Å². The Balaban J connectivity index is 1.77. The van der Waals surface area contributed by atoms with Crippen LogP contribution in [0.4, 0.5) is 15.7 Å². The van der Waals surface area contributed by atoms with Gasteiger partial charge in [0.15, 0.2) is 5.13 Å². The monoisotopic (exact) mass is 446 g/mol. The predicted octanol–water partition coefficient (Wildman–Crippen LogP) is 4.40. The molecule has 2 aromatic heterocycles. The van der Waals surface area contributed by atoms with Crippen molar-refractivity contribution in [1.29, 1.82) is 0 Å². The SMILES string of the molecule is COC(=O)C1(Cc2cccc(Nc3nccs3)n2)CCN(C(=O)OC(C)(C)C)C(C)C1. The molecule has 1 fully saturated rings. The van der Waals surface area contributed by atoms with Crippen LogP contribution in [-0.2, 0) is 20.7 Å². The Labute approximate surface area is 187 Å². The van der Waals surface area contributed by atoms with E-state index in [9.17, 15) is 9.59 Å². The molecule has 0 bridgehead atoms. The van der Waals surface area contributed by atoms with Crippen molar-refractivity contribution in [2.45, 2.75) is 58.6 Å². The number of carbonyl (C=O) groups is 2. The first-order valence-electron chi connectivity index (χ1n) is 10.3. The van der Waals surface area contributed by atoms with Crippen LogP contribution in [0.3, 0.4) is 0 Å². The van der Waals surface area contributed by atoms with Crippen molar-refractivity contribution in [1.82, 2.24) is 14.9 Å². The highest BCUT2D eigenvalue weighted by molar-refractivity contribution is 7.13. The molecule has 1 N–H and O–H groups in total. The molecule has 9 heteroatoms. The number of rotatable bonds is 5. The number of aromatic nitrogens is 2. The zero-order chi connectivity index (χ0) is 22.6. The second kappa shape index (κ2) is 9.21. The molecular weight excluding hydrogens is 416 g/mol. The van der Waals surface area contributed by atoms with Gasteiger partial charge in [0.25, 0.3) is 0 Å². The number of ether oxygens (including phenoxy) is 2. The van der Waals surface area contributed by atoms with Crippen molar-refractivity contribution in [2.24, 2.45) is 5.41 Å². The molecule has 2 aromatic rings. The van der Waals surface area contributed by atoms with Crippen LogP contribution in [0.15, 0.2) is 29.8 Å². The van der Waals surface area contributed by atoms with Crippen LogP contribution in [0.1, 0.15) is 46.2 Å². The van der Waals surface area contributed by atoms with Gasteiger partial charge < -0.3 is 19.7 Å². The lowest BCUT2D eigenvalue weighted by Gasteiger charge is -2.43. The van der Waals surface area contributed by atoms with Crippen LogP contribution in [0, 0.1) is 5.41 Å². The molecule has 2 unspecified atom stereocenters. The molecule has 0 spiro atoms. The molecule has 0 aliphatic carbocycles. The molecule has 8 nitrogen and oxygen atoms in total. The topological polar surface area (TPSA) is 93.6 Å². The van der Waals surface area contributed by atoms with Gasteiger partial charge in [0.1, 0.15) is 11.4 Å². The minimum atomic E-state index is -0.751. The molecule has 2 atom stereocenters. The number of piperidine rings is 1. The van der Waals surface area contributed by atoms with Crippen molar-refractivity contribution in [3.8, 4) is 0 Å². The fraction of sp³-hybridized carbons (Fsp3) is 0.545. The molecule has 1 aliphatic rings. The summed E-state index contributed by atoms with van der Waals surface area (Å²) < 4.78 is 10.7. The van der Waals surface area contributed by atoms with Crippen LogP contribution < -0.4 is 5.32 Å². The number of carbonyl (C=O) groups excluding carboxylic acids is 2. The molecule has 1 aliphatic heterocycles. The van der Waals surface area contributed by atoms with E-state index in [4.69, 9.17) is 9.47 Å². The second-order valence-electron chi connectivity index (χ2n) is 8.90. The Morgan fingerprint density at radius 1 is 1.35 bits per heavy atom. The number of hydrogen-bond acceptors (Lipinski definition) is 8. The Morgan fingerprint density at radius 2 is 2.13 bits per heavy atom. The maximum Gasteiger partial charge on any atom is 0.410 e. The minimum Gasteiger partial charge on any atom is -0.469 e. The fourth-order valence-electron chi connectivity index (χ4n) is 3.95. The van der Waals surface area contributed by atoms with Gasteiger partial charge in [0.2, 0.25) is 0 Å². The van der Waals surface area contributed by atoms with Crippen LogP contribution in [-0.4, -0.2) is 52.2 Å². The van der Waals surface area contributed by atoms with Gasteiger partial charge in [0, 0.05) is 36.3 Å². The zero-order valence-corrected chi connectivity index (χ0v) is 19.5. The summed E-state index contributed by atoms with van der Waals surface area (Å²) in [4.78, 5) is 36.1. The molecule has 0 aromatic carbocycles. The minimum absolute atomic E-state index is 0.167. The molecule has 0 saturated carbocycles. The van der Waals surface area contributed by atoms with Crippen LogP contribution in [0.2, 0.25) is 0 Å². The summed E-state index contributed by atoms with van der Waals surface area (Å²) >= 11 is 1.49. The standard InChI is InChI=1S/C22H30N4O4S/c1-15-13-22(18(27)29-5,9-11-26(15)20(28)30-21(2,3)4)14-16-7-6-8-17(24-16)25-19-23-10-12-31-19/h6-8,10,12,15H,9,11,13-14H2,1-5H3,(H,23,24,25). The van der Waals surface area contributed by atoms with Crippen LogP contribution >= 0.6 is 11.3 Å². The third kappa shape index (κ3) is 5.72. The number of nitrogens with one attached hydrogen (secondary N) is 1. The lowest BCUT2D eigenvalue weighted by molar-refractivity contribution is -0.157. The average molecular weight is 447 g/mol. The van der Waals surface area contributed by atoms with Crippen molar-refractivity contribution in [3.05, 3.63) is 35.5 Å². The zero-order valence-electron chi connectivity index (χ0n) is 18.7. The molecule has 168 valence electrons. The normalized spacial score (nSPS) is 21.5. The Hall–Kier alpha value is -2.68. The third-order valence-corrected chi connectivity index (χ3v) is 5.98. The maximum absolute atomic E-state index is 12.9. The van der Waals surface area contributed by atoms with Crippen molar-refractivity contribution >= 4 is 34.3 Å². The van der Waals surface area contributed by atoms with Gasteiger partial charge >= 0.3 is 12.1 Å². The van der Waals surface area contributed by atoms with Gasteiger partial charge in [-0.1, -0.05) is 6.07 Å². The number of likely N-dealkylation sites (tertiary alicyclic amines) is 1. The van der Waals surface area contributed by atoms with Crippen molar-refractivity contribution < 1.29 is 19.1 Å². The highest BCUT2D eigenvalue weighted by Gasteiger charge is 2.47. The molecule has 31 heavy (non-hydrogen) atoms. The quantitative estimate of drug-likeness (QED) is 0.680. The summed E-state index contributed by atoms with van der Waals surface area (Å²) in [6.45, 7) is 7.89. The Kier molecular flexibility index (Phi) is 6.83. The van der Waals surface area contributed by atoms with E-state index in [0.717, 1.165) is 10.8 Å². The van der Waals surface area contributed by atoms with Crippen molar-refractivity contribution in [2.75, 3.05) is 19.0 Å². The summed E-state index contributed by atoms with van der Waals surface area (Å²) in [5.41, 5.74) is -0.535. The number of methoxy groups -OCH3 is 1. The van der Waals surface area contributed by atoms with Gasteiger partial charge in [-0.25, -0.2) is 14.8 Å². The number of thiazole rings is 1. The second-order valence-corrected chi connectivity index (χ2v) is 9.80. The fourth-order valence-corrected chi connectivity index (χ4v) is 4.48. The van der Waals surface area contributed by atoms with Crippen molar-refractivity contribution in [3.63, 3.8) is 0 Å². The number of amides is 1. The molecule has 3 rings (SSSR count). The van der Waals surface area contributed by atoms with E-state index in [1.165, 1.54) is 18.4 Å². The number of pyridine rings is 1. The average Bonchev–Trinajstić information content (AvgIpc) is 3.19. The van der Waals surface area contributed by atoms with E-state index in [1.54, 1.807) is 11.1 Å². The number of anilines is 2. The summed E-state index contributed by atoms with van der Waals surface area (Å²) in [5, 5.41) is 5.82. The van der Waals surface area contributed by atoms with Crippen LogP contribution in [0.25, 0.3) is 0 Å². The summed E-state index contributed by atoms with van der Waals surface area (Å²) in [6, 6.07) is 5.51. The van der Waals surface area contributed by atoms with Gasteiger partial charge in [-0.05, 0) is 52.7 Å². The van der Waals surface area contributed by atoms with Gasteiger partial charge in [-0.2, -0.15) is 0 Å². The molecule has 0 radical (unpaired) electrons. The molecule has 1 amide bonds. The smallest absolute Gasteiger partial charge is 0.410 e. The number of esters is 1. The van der Waals surface area contributed by atoms with Gasteiger partial charge in [-0.3, -0.25) is 4.79 Å². The first-order chi connectivity index (χ1) is 14.6. The first kappa shape index (κ1) is 23.0. The van der Waals surface area contributed by atoms with Gasteiger partial charge in [-0.15, -0.1) is 11.3 Å². The molecule has 1 saturated heterocycles. The number of nitrogens with zero attached hydrogens (tertiary/aromatic N) is 3. The van der Waals surface area contributed by atoms with E-state index >= 15 is 0 Å². The molecular formula is C22H30N4O4S. The largest absolute Gasteiger partial charge is 0.469 e. The molecule has 3 heterocycles. The maximum atomic E-state index is 12.9. The van der Waals surface area contributed by atoms with E-state index in [2.05, 4.69) is 15.3 Å². The predicted molar refractivity (Wildman–Crippen MR) is 119 cm³/mol. The van der Waals surface area contributed by atoms with E-state index in [1.807, 2.05) is 51.3 Å². The van der Waals surface area contributed by atoms with Crippen LogP contribution in [0.5, 0.6) is 0 Å². The Bertz CT molecular complexity index is 912. The van der Waals surface area contributed by atoms with E-state index in [0.29, 0.717) is 31.6 Å². The highest BCUT2D eigenvalue weighted by Crippen LogP contribution is 2.39. The lowest BCUT2D eigenvalue weighted by Crippen LogP contribution is -2.53. The van der Waals surface area contributed by atoms with Gasteiger partial charge in [0.05, 0.1) is 12.5 Å².